The Bertz CT molecular complexity index is 106. The molecule has 0 heterocycles. The molecule has 0 fully saturated rings. The molecule has 0 aromatic carbocycles. The second-order valence-corrected chi connectivity index (χ2v) is 2.11. The fraction of sp³-hybridized carbons (Fsp3) is 0.833. The number of carboxylic acids is 1. The van der Waals surface area contributed by atoms with E-state index in [0.717, 1.165) is 6.42 Å². The van der Waals surface area contributed by atoms with Crippen molar-refractivity contribution in [2.24, 2.45) is 5.73 Å². The first-order chi connectivity index (χ1) is 4.66. The van der Waals surface area contributed by atoms with Crippen LogP contribution in [0.15, 0.2) is 0 Å². The lowest BCUT2D eigenvalue weighted by atomic mass is 10.3. The molecule has 60 valence electrons. The third-order valence-electron chi connectivity index (χ3n) is 1.19. The van der Waals surface area contributed by atoms with E-state index in [1.165, 1.54) is 0 Å². The Kier molecular flexibility index (Phi) is 4.88. The fourth-order valence-corrected chi connectivity index (χ4v) is 0.509. The number of hydrogen-bond donors (Lipinski definition) is 3. The fourth-order valence-electron chi connectivity index (χ4n) is 0.509. The van der Waals surface area contributed by atoms with Gasteiger partial charge in [-0.1, -0.05) is 6.92 Å². The summed E-state index contributed by atoms with van der Waals surface area (Å²) >= 11 is 0. The van der Waals surface area contributed by atoms with Crippen LogP contribution in [0.2, 0.25) is 0 Å². The second-order valence-electron chi connectivity index (χ2n) is 2.11. The highest BCUT2D eigenvalue weighted by atomic mass is 16.4. The minimum atomic E-state index is -0.796. The zero-order valence-corrected chi connectivity index (χ0v) is 6.13. The average molecular weight is 146 g/mol. The Morgan fingerprint density at radius 3 is 2.80 bits per heavy atom. The molecular formula is C6H14N2O2. The lowest BCUT2D eigenvalue weighted by Crippen LogP contribution is -2.37. The van der Waals surface area contributed by atoms with Crippen LogP contribution in [0.25, 0.3) is 0 Å². The van der Waals surface area contributed by atoms with E-state index in [9.17, 15) is 4.79 Å². The van der Waals surface area contributed by atoms with Gasteiger partial charge in [-0.15, -0.1) is 0 Å². The Balaban J connectivity index is 3.11. The molecule has 0 saturated carbocycles. The molecule has 0 radical (unpaired) electrons. The van der Waals surface area contributed by atoms with Crippen molar-refractivity contribution in [3.05, 3.63) is 0 Å². The van der Waals surface area contributed by atoms with Crippen molar-refractivity contribution in [2.75, 3.05) is 6.54 Å². The molecule has 4 N–H and O–H groups in total. The quantitative estimate of drug-likeness (QED) is 0.467. The summed E-state index contributed by atoms with van der Waals surface area (Å²) in [6, 6.07) is 0. The van der Waals surface area contributed by atoms with E-state index in [0.29, 0.717) is 6.54 Å². The maximum atomic E-state index is 9.99. The van der Waals surface area contributed by atoms with Gasteiger partial charge in [0, 0.05) is 6.54 Å². The van der Waals surface area contributed by atoms with Crippen LogP contribution >= 0.6 is 0 Å². The smallest absolute Gasteiger partial charge is 0.304 e. The normalized spacial score (nSPS) is 13.0. The minimum Gasteiger partial charge on any atom is -0.481 e. The second kappa shape index (κ2) is 5.20. The van der Waals surface area contributed by atoms with Crippen LogP contribution < -0.4 is 11.1 Å². The summed E-state index contributed by atoms with van der Waals surface area (Å²) in [5.41, 5.74) is 5.46. The average Bonchev–Trinajstić information content (AvgIpc) is 1.87. The standard InChI is InChI=1S/C6H14N2O2/c1-2-5(7)8-4-3-6(9)10/h5,8H,2-4,7H2,1H3,(H,9,10). The molecule has 0 aliphatic carbocycles. The van der Waals surface area contributed by atoms with Crippen LogP contribution in [-0.2, 0) is 4.79 Å². The van der Waals surface area contributed by atoms with E-state index < -0.39 is 5.97 Å². The van der Waals surface area contributed by atoms with Gasteiger partial charge < -0.3 is 16.2 Å². The number of rotatable bonds is 5. The van der Waals surface area contributed by atoms with Gasteiger partial charge in [-0.25, -0.2) is 0 Å². The number of hydrogen-bond acceptors (Lipinski definition) is 3. The first-order valence-electron chi connectivity index (χ1n) is 3.37. The highest BCUT2D eigenvalue weighted by Crippen LogP contribution is 1.81. The predicted octanol–water partition coefficient (Wildman–Crippen LogP) is -0.254. The Hall–Kier alpha value is -0.610. The van der Waals surface area contributed by atoms with E-state index in [-0.39, 0.29) is 12.6 Å². The molecule has 0 saturated heterocycles. The van der Waals surface area contributed by atoms with Gasteiger partial charge in [-0.05, 0) is 6.42 Å². The van der Waals surface area contributed by atoms with Crippen molar-refractivity contribution in [1.29, 1.82) is 0 Å². The summed E-state index contributed by atoms with van der Waals surface area (Å²) in [6.07, 6.45) is 0.882. The summed E-state index contributed by atoms with van der Waals surface area (Å²) in [6.45, 7) is 2.39. The van der Waals surface area contributed by atoms with E-state index in [2.05, 4.69) is 5.32 Å². The molecule has 0 aromatic heterocycles. The highest BCUT2D eigenvalue weighted by molar-refractivity contribution is 5.66. The van der Waals surface area contributed by atoms with Gasteiger partial charge in [0.05, 0.1) is 12.6 Å². The molecular weight excluding hydrogens is 132 g/mol. The van der Waals surface area contributed by atoms with Crippen LogP contribution in [0.5, 0.6) is 0 Å². The summed E-state index contributed by atoms with van der Waals surface area (Å²) in [7, 11) is 0. The van der Waals surface area contributed by atoms with Crippen molar-refractivity contribution in [3.63, 3.8) is 0 Å². The van der Waals surface area contributed by atoms with Gasteiger partial charge in [0.2, 0.25) is 0 Å². The summed E-state index contributed by atoms with van der Waals surface area (Å²) in [5, 5.41) is 11.1. The van der Waals surface area contributed by atoms with Gasteiger partial charge >= 0.3 is 5.97 Å². The zero-order chi connectivity index (χ0) is 7.98. The highest BCUT2D eigenvalue weighted by Gasteiger charge is 1.98. The minimum absolute atomic E-state index is 0.0700. The van der Waals surface area contributed by atoms with Gasteiger partial charge in [0.15, 0.2) is 0 Å². The molecule has 10 heavy (non-hydrogen) atoms. The van der Waals surface area contributed by atoms with Gasteiger partial charge in [0.25, 0.3) is 0 Å². The van der Waals surface area contributed by atoms with Crippen LogP contribution in [-0.4, -0.2) is 23.8 Å². The molecule has 0 aliphatic rings. The van der Waals surface area contributed by atoms with Crippen LogP contribution in [0.1, 0.15) is 19.8 Å². The third-order valence-corrected chi connectivity index (χ3v) is 1.19. The molecule has 0 aromatic rings. The maximum Gasteiger partial charge on any atom is 0.304 e. The lowest BCUT2D eigenvalue weighted by Gasteiger charge is -2.08. The molecule has 0 aliphatic heterocycles. The molecule has 0 bridgehead atoms. The van der Waals surface area contributed by atoms with Crippen LogP contribution in [0.4, 0.5) is 0 Å². The number of carboxylic acid groups (broad SMARTS) is 1. The number of nitrogens with two attached hydrogens (primary N) is 1. The van der Waals surface area contributed by atoms with E-state index in [4.69, 9.17) is 10.8 Å². The van der Waals surface area contributed by atoms with E-state index >= 15 is 0 Å². The van der Waals surface area contributed by atoms with Crippen molar-refractivity contribution in [2.45, 2.75) is 25.9 Å². The molecule has 1 atom stereocenters. The number of nitrogens with one attached hydrogen (secondary N) is 1. The molecule has 0 spiro atoms. The van der Waals surface area contributed by atoms with Crippen molar-refractivity contribution in [3.8, 4) is 0 Å². The van der Waals surface area contributed by atoms with Gasteiger partial charge in [-0.2, -0.15) is 0 Å². The molecule has 4 nitrogen and oxygen atoms in total. The molecule has 0 rings (SSSR count). The largest absolute Gasteiger partial charge is 0.481 e. The molecule has 4 heteroatoms. The Morgan fingerprint density at radius 2 is 2.40 bits per heavy atom. The van der Waals surface area contributed by atoms with Crippen LogP contribution in [0, 0.1) is 0 Å². The Morgan fingerprint density at radius 1 is 1.80 bits per heavy atom. The zero-order valence-electron chi connectivity index (χ0n) is 6.13. The number of carbonyl (C=O) groups is 1. The van der Waals surface area contributed by atoms with Crippen LogP contribution in [0.3, 0.4) is 0 Å². The topological polar surface area (TPSA) is 75.3 Å². The summed E-state index contributed by atoms with van der Waals surface area (Å²) in [4.78, 5) is 9.99. The first kappa shape index (κ1) is 9.39. The van der Waals surface area contributed by atoms with E-state index in [1.807, 2.05) is 6.92 Å². The summed E-state index contributed by atoms with van der Waals surface area (Å²) < 4.78 is 0. The van der Waals surface area contributed by atoms with Crippen molar-refractivity contribution in [1.82, 2.24) is 5.32 Å². The van der Waals surface area contributed by atoms with Crippen molar-refractivity contribution >= 4 is 5.97 Å². The maximum absolute atomic E-state index is 9.99. The lowest BCUT2D eigenvalue weighted by molar-refractivity contribution is -0.136. The Labute approximate surface area is 60.4 Å². The van der Waals surface area contributed by atoms with Crippen molar-refractivity contribution < 1.29 is 9.90 Å². The van der Waals surface area contributed by atoms with Gasteiger partial charge in [0.1, 0.15) is 0 Å². The third kappa shape index (κ3) is 5.53. The van der Waals surface area contributed by atoms with E-state index in [1.54, 1.807) is 0 Å². The SMILES string of the molecule is CCC(N)NCCC(=O)O. The summed E-state index contributed by atoms with van der Waals surface area (Å²) in [5.74, 6) is -0.796. The molecule has 1 unspecified atom stereocenters. The predicted molar refractivity (Wildman–Crippen MR) is 38.5 cm³/mol. The first-order valence-corrected chi connectivity index (χ1v) is 3.37. The monoisotopic (exact) mass is 146 g/mol. The van der Waals surface area contributed by atoms with Gasteiger partial charge in [-0.3, -0.25) is 4.79 Å². The number of aliphatic carboxylic acids is 1. The molecule has 0 amide bonds.